The molecule has 1 aromatic rings. The van der Waals surface area contributed by atoms with Gasteiger partial charge < -0.3 is 18.9 Å². The summed E-state index contributed by atoms with van der Waals surface area (Å²) in [5, 5.41) is 0. The van der Waals surface area contributed by atoms with Crippen molar-refractivity contribution in [3.63, 3.8) is 0 Å². The molecule has 43 heavy (non-hydrogen) atoms. The summed E-state index contributed by atoms with van der Waals surface area (Å²) in [7, 11) is -1.27. The van der Waals surface area contributed by atoms with Crippen LogP contribution >= 0.6 is 0 Å². The third-order valence-electron chi connectivity index (χ3n) is 11.0. The van der Waals surface area contributed by atoms with Crippen molar-refractivity contribution in [1.29, 1.82) is 0 Å². The molecule has 5 rings (SSSR count). The standard InChI is InChI=1S/C33H44O9S/c1-20-7-10-24(11-8-20)43(36,37)40-19-21(2)26-13-14-27-25-12-9-22-17-23(41-30(34)38-5)18-29(42-31(35)39-6)33(22,4)28(25)15-16-32(26,27)3/h7-12,21,23,26-29H,13-19H2,1-6H3/t21-,23-,26-,27+,28+,29+,32-,33+/m1/s1. The van der Waals surface area contributed by atoms with Crippen LogP contribution in [-0.2, 0) is 33.2 Å². The van der Waals surface area contributed by atoms with E-state index in [2.05, 4.69) is 32.9 Å². The molecule has 0 heterocycles. The fourth-order valence-corrected chi connectivity index (χ4v) is 9.67. The summed E-state index contributed by atoms with van der Waals surface area (Å²) in [5.41, 5.74) is 2.98. The molecule has 4 aliphatic carbocycles. The minimum Gasteiger partial charge on any atom is -0.438 e. The molecule has 0 saturated heterocycles. The van der Waals surface area contributed by atoms with Crippen molar-refractivity contribution in [2.75, 3.05) is 20.8 Å². The highest BCUT2D eigenvalue weighted by Gasteiger charge is 2.60. The Morgan fingerprint density at radius 3 is 2.30 bits per heavy atom. The molecule has 0 N–H and O–H groups in total. The number of ether oxygens (including phenoxy) is 4. The van der Waals surface area contributed by atoms with Gasteiger partial charge in [-0.1, -0.05) is 61.8 Å². The molecule has 8 atom stereocenters. The maximum absolute atomic E-state index is 12.9. The van der Waals surface area contributed by atoms with Crippen molar-refractivity contribution in [3.05, 3.63) is 53.1 Å². The van der Waals surface area contributed by atoms with E-state index in [-0.39, 0.29) is 28.8 Å². The summed E-state index contributed by atoms with van der Waals surface area (Å²) < 4.78 is 52.4. The molecule has 9 nitrogen and oxygen atoms in total. The SMILES string of the molecule is COC(=O)O[C@@H]1CC2=CC=C3[C@@H]4CC[C@H]([C@H](C)COS(=O)(=O)c5ccc(C)cc5)[C@@]4(C)CC[C@@H]3[C@@]2(C)[C@@H](OC(=O)OC)C1. The first-order valence-electron chi connectivity index (χ1n) is 15.2. The van der Waals surface area contributed by atoms with E-state index in [9.17, 15) is 18.0 Å². The molecular formula is C33H44O9S. The Hall–Kier alpha value is -2.85. The van der Waals surface area contributed by atoms with E-state index >= 15 is 0 Å². The fraction of sp³-hybridized carbons (Fsp3) is 0.636. The first kappa shape index (κ1) is 31.6. The molecule has 3 fully saturated rings. The van der Waals surface area contributed by atoms with E-state index in [0.29, 0.717) is 24.7 Å². The number of hydrogen-bond donors (Lipinski definition) is 0. The lowest BCUT2D eigenvalue weighted by Gasteiger charge is -2.57. The number of allylic oxidation sites excluding steroid dienone is 3. The van der Waals surface area contributed by atoms with Crippen LogP contribution in [0.4, 0.5) is 9.59 Å². The molecule has 10 heteroatoms. The van der Waals surface area contributed by atoms with E-state index in [1.165, 1.54) is 19.8 Å². The number of carbonyl (C=O) groups excluding carboxylic acids is 2. The summed E-state index contributed by atoms with van der Waals surface area (Å²) >= 11 is 0. The molecule has 0 aromatic heterocycles. The van der Waals surface area contributed by atoms with Crippen LogP contribution in [0.2, 0.25) is 0 Å². The van der Waals surface area contributed by atoms with E-state index in [0.717, 1.165) is 36.8 Å². The molecule has 3 saturated carbocycles. The van der Waals surface area contributed by atoms with Gasteiger partial charge in [-0.25, -0.2) is 9.59 Å². The largest absolute Gasteiger partial charge is 0.508 e. The average molecular weight is 617 g/mol. The summed E-state index contributed by atoms with van der Waals surface area (Å²) in [5.74, 6) is 0.840. The van der Waals surface area contributed by atoms with Gasteiger partial charge in [0.05, 0.1) is 25.7 Å². The highest BCUT2D eigenvalue weighted by molar-refractivity contribution is 7.86. The Labute approximate surface area is 255 Å². The molecule has 1 aromatic carbocycles. The van der Waals surface area contributed by atoms with E-state index < -0.39 is 40.1 Å². The van der Waals surface area contributed by atoms with Crippen LogP contribution in [0.3, 0.4) is 0 Å². The average Bonchev–Trinajstić information content (AvgIpc) is 3.34. The van der Waals surface area contributed by atoms with Gasteiger partial charge >= 0.3 is 12.3 Å². The van der Waals surface area contributed by atoms with Gasteiger partial charge in [0, 0.05) is 18.3 Å². The summed E-state index contributed by atoms with van der Waals surface area (Å²) in [4.78, 5) is 24.5. The van der Waals surface area contributed by atoms with Crippen molar-refractivity contribution in [1.82, 2.24) is 0 Å². The second-order valence-corrected chi connectivity index (χ2v) is 14.8. The van der Waals surface area contributed by atoms with Crippen molar-refractivity contribution in [3.8, 4) is 0 Å². The molecule has 0 spiro atoms. The highest BCUT2D eigenvalue weighted by Crippen LogP contribution is 2.66. The van der Waals surface area contributed by atoms with Gasteiger partial charge in [-0.2, -0.15) is 8.42 Å². The smallest absolute Gasteiger partial charge is 0.438 e. The third-order valence-corrected chi connectivity index (χ3v) is 12.3. The topological polar surface area (TPSA) is 114 Å². The number of rotatable bonds is 7. The van der Waals surface area contributed by atoms with Gasteiger partial charge in [-0.15, -0.1) is 0 Å². The normalized spacial score (nSPS) is 34.0. The maximum atomic E-state index is 12.9. The zero-order valence-corrected chi connectivity index (χ0v) is 26.8. The predicted molar refractivity (Wildman–Crippen MR) is 159 cm³/mol. The maximum Gasteiger partial charge on any atom is 0.508 e. The lowest BCUT2D eigenvalue weighted by Crippen LogP contribution is -2.54. The summed E-state index contributed by atoms with van der Waals surface area (Å²) in [6, 6.07) is 6.73. The quantitative estimate of drug-likeness (QED) is 0.242. The van der Waals surface area contributed by atoms with Crippen LogP contribution in [0, 0.1) is 41.4 Å². The lowest BCUT2D eigenvalue weighted by molar-refractivity contribution is -0.0832. The van der Waals surface area contributed by atoms with Crippen LogP contribution in [-0.4, -0.2) is 53.8 Å². The molecule has 0 amide bonds. The van der Waals surface area contributed by atoms with Gasteiger partial charge in [0.1, 0.15) is 12.2 Å². The van der Waals surface area contributed by atoms with Crippen LogP contribution in [0.25, 0.3) is 0 Å². The third kappa shape index (κ3) is 5.72. The van der Waals surface area contributed by atoms with E-state index in [1.54, 1.807) is 24.3 Å². The van der Waals surface area contributed by atoms with Gasteiger partial charge in [-0.05, 0) is 73.8 Å². The molecule has 0 radical (unpaired) electrons. The van der Waals surface area contributed by atoms with Gasteiger partial charge in [-0.3, -0.25) is 4.18 Å². The van der Waals surface area contributed by atoms with Crippen molar-refractivity contribution < 1.29 is 41.1 Å². The number of methoxy groups -OCH3 is 2. The van der Waals surface area contributed by atoms with E-state index in [4.69, 9.17) is 23.1 Å². The Bertz CT molecular complexity index is 1400. The second kappa shape index (κ2) is 11.9. The van der Waals surface area contributed by atoms with Crippen molar-refractivity contribution in [2.24, 2.45) is 34.5 Å². The zero-order chi connectivity index (χ0) is 31.2. The first-order valence-corrected chi connectivity index (χ1v) is 16.6. The number of hydrogen-bond acceptors (Lipinski definition) is 9. The molecule has 0 bridgehead atoms. The Morgan fingerprint density at radius 2 is 1.63 bits per heavy atom. The fourth-order valence-electron chi connectivity index (χ4n) is 8.68. The minimum absolute atomic E-state index is 0.00959. The van der Waals surface area contributed by atoms with Gasteiger partial charge in [0.25, 0.3) is 10.1 Å². The molecular weight excluding hydrogens is 572 g/mol. The lowest BCUT2D eigenvalue weighted by atomic mass is 9.49. The molecule has 236 valence electrons. The Balaban J connectivity index is 1.36. The van der Waals surface area contributed by atoms with Gasteiger partial charge in [0.15, 0.2) is 0 Å². The zero-order valence-electron chi connectivity index (χ0n) is 26.0. The van der Waals surface area contributed by atoms with Crippen molar-refractivity contribution in [2.45, 2.75) is 83.3 Å². The second-order valence-electron chi connectivity index (χ2n) is 13.2. The van der Waals surface area contributed by atoms with Crippen LogP contribution in [0.5, 0.6) is 0 Å². The van der Waals surface area contributed by atoms with Crippen molar-refractivity contribution >= 4 is 22.4 Å². The van der Waals surface area contributed by atoms with Gasteiger partial charge in [0.2, 0.25) is 0 Å². The number of aryl methyl sites for hydroxylation is 1. The monoisotopic (exact) mass is 616 g/mol. The Morgan fingerprint density at radius 1 is 0.953 bits per heavy atom. The first-order chi connectivity index (χ1) is 20.3. The number of fused-ring (bicyclic) bond motifs is 5. The predicted octanol–water partition coefficient (Wildman–Crippen LogP) is 6.75. The van der Waals surface area contributed by atoms with Crippen LogP contribution in [0.1, 0.15) is 64.9 Å². The number of carbonyl (C=O) groups is 2. The van der Waals surface area contributed by atoms with Crippen LogP contribution in [0.15, 0.2) is 52.5 Å². The number of benzene rings is 1. The van der Waals surface area contributed by atoms with Crippen LogP contribution < -0.4 is 0 Å². The molecule has 0 unspecified atom stereocenters. The van der Waals surface area contributed by atoms with E-state index in [1.807, 2.05) is 6.92 Å². The Kier molecular flexibility index (Phi) is 8.75. The summed E-state index contributed by atoms with van der Waals surface area (Å²) in [6.07, 6.45) is 6.62. The molecule has 0 aliphatic heterocycles. The molecule has 4 aliphatic rings. The minimum atomic E-state index is -3.83. The summed E-state index contributed by atoms with van der Waals surface area (Å²) in [6.45, 7) is 8.68. The highest BCUT2D eigenvalue weighted by atomic mass is 32.2.